The molecule has 1 aliphatic heterocycles. The SMILES string of the molecule is N#Cc1ccc(C(=O)COc2ccccc2C2=N/C(=C3\C=CC=CC3=O)SS2)cc1. The van der Waals surface area contributed by atoms with E-state index in [9.17, 15) is 9.59 Å². The minimum Gasteiger partial charge on any atom is -0.485 e. The number of aliphatic imine (C=N–C) groups is 1. The van der Waals surface area contributed by atoms with Gasteiger partial charge in [-0.25, -0.2) is 4.99 Å². The minimum absolute atomic E-state index is 0.0665. The third kappa shape index (κ3) is 4.30. The van der Waals surface area contributed by atoms with E-state index in [1.165, 1.54) is 27.7 Å². The summed E-state index contributed by atoms with van der Waals surface area (Å²) < 4.78 is 5.80. The Bertz CT molecular complexity index is 1190. The molecule has 30 heavy (non-hydrogen) atoms. The number of hydrogen-bond donors (Lipinski definition) is 0. The lowest BCUT2D eigenvalue weighted by molar-refractivity contribution is -0.111. The van der Waals surface area contributed by atoms with Crippen LogP contribution in [0.5, 0.6) is 5.75 Å². The van der Waals surface area contributed by atoms with E-state index in [1.54, 1.807) is 42.5 Å². The van der Waals surface area contributed by atoms with E-state index in [1.807, 2.05) is 30.3 Å². The molecule has 1 aliphatic carbocycles. The molecule has 146 valence electrons. The van der Waals surface area contributed by atoms with Gasteiger partial charge >= 0.3 is 0 Å². The van der Waals surface area contributed by atoms with Gasteiger partial charge in [-0.2, -0.15) is 5.26 Å². The van der Waals surface area contributed by atoms with E-state index >= 15 is 0 Å². The molecule has 0 saturated carbocycles. The zero-order chi connectivity index (χ0) is 20.9. The summed E-state index contributed by atoms with van der Waals surface area (Å²) in [6.45, 7) is -0.131. The van der Waals surface area contributed by atoms with Gasteiger partial charge in [0, 0.05) is 11.1 Å². The van der Waals surface area contributed by atoms with Gasteiger partial charge < -0.3 is 4.74 Å². The summed E-state index contributed by atoms with van der Waals surface area (Å²) in [6.07, 6.45) is 6.80. The van der Waals surface area contributed by atoms with Crippen molar-refractivity contribution in [3.8, 4) is 11.8 Å². The van der Waals surface area contributed by atoms with E-state index in [-0.39, 0.29) is 18.2 Å². The summed E-state index contributed by atoms with van der Waals surface area (Å²) in [5.74, 6) is 0.295. The molecule has 2 aliphatic rings. The molecule has 0 unspecified atom stereocenters. The van der Waals surface area contributed by atoms with Crippen molar-refractivity contribution in [2.24, 2.45) is 4.99 Å². The highest BCUT2D eigenvalue weighted by molar-refractivity contribution is 8.84. The fraction of sp³-hybridized carbons (Fsp3) is 0.0435. The quantitative estimate of drug-likeness (QED) is 0.383. The predicted octanol–water partition coefficient (Wildman–Crippen LogP) is 4.87. The topological polar surface area (TPSA) is 79.5 Å². The van der Waals surface area contributed by atoms with Crippen molar-refractivity contribution < 1.29 is 14.3 Å². The Labute approximate surface area is 181 Å². The van der Waals surface area contributed by atoms with Crippen molar-refractivity contribution in [2.45, 2.75) is 0 Å². The number of ketones is 2. The number of carbonyl (C=O) groups is 2. The zero-order valence-corrected chi connectivity index (χ0v) is 17.2. The van der Waals surface area contributed by atoms with Crippen LogP contribution in [-0.4, -0.2) is 23.2 Å². The molecular formula is C23H14N2O3S2. The predicted molar refractivity (Wildman–Crippen MR) is 119 cm³/mol. The summed E-state index contributed by atoms with van der Waals surface area (Å²) in [4.78, 5) is 29.1. The molecule has 0 aromatic heterocycles. The number of allylic oxidation sites excluding steroid dienone is 5. The van der Waals surface area contributed by atoms with Crippen LogP contribution in [0.3, 0.4) is 0 Å². The molecule has 0 N–H and O–H groups in total. The fourth-order valence-electron chi connectivity index (χ4n) is 2.79. The smallest absolute Gasteiger partial charge is 0.200 e. The number of Topliss-reactive ketones (excluding diaryl/α,β-unsaturated/α-hetero) is 1. The van der Waals surface area contributed by atoms with Crippen LogP contribution in [0.1, 0.15) is 21.5 Å². The maximum Gasteiger partial charge on any atom is 0.200 e. The molecule has 2 aromatic carbocycles. The number of para-hydroxylation sites is 1. The lowest BCUT2D eigenvalue weighted by Crippen LogP contribution is -2.13. The molecular weight excluding hydrogens is 416 g/mol. The number of ether oxygens (including phenoxy) is 1. The molecule has 1 heterocycles. The van der Waals surface area contributed by atoms with Crippen molar-refractivity contribution in [1.29, 1.82) is 5.26 Å². The molecule has 0 fully saturated rings. The summed E-state index contributed by atoms with van der Waals surface area (Å²) in [5, 5.41) is 10.2. The van der Waals surface area contributed by atoms with Gasteiger partial charge in [0.15, 0.2) is 18.2 Å². The highest BCUT2D eigenvalue weighted by Crippen LogP contribution is 2.45. The Balaban J connectivity index is 1.53. The number of carbonyl (C=O) groups excluding carboxylic acids is 2. The van der Waals surface area contributed by atoms with Crippen LogP contribution >= 0.6 is 21.6 Å². The maximum atomic E-state index is 12.4. The van der Waals surface area contributed by atoms with Crippen molar-refractivity contribution in [3.63, 3.8) is 0 Å². The van der Waals surface area contributed by atoms with Crippen LogP contribution in [0.25, 0.3) is 0 Å². The van der Waals surface area contributed by atoms with Gasteiger partial charge in [0.05, 0.1) is 17.2 Å². The third-order valence-corrected chi connectivity index (χ3v) is 6.55. The van der Waals surface area contributed by atoms with Crippen LogP contribution in [0.4, 0.5) is 0 Å². The molecule has 0 radical (unpaired) electrons. The molecule has 0 atom stereocenters. The Morgan fingerprint density at radius 1 is 1.03 bits per heavy atom. The number of nitrogens with zero attached hydrogens (tertiary/aromatic N) is 2. The van der Waals surface area contributed by atoms with Crippen LogP contribution in [0.15, 0.2) is 88.4 Å². The van der Waals surface area contributed by atoms with Gasteiger partial charge in [-0.1, -0.05) is 24.3 Å². The second-order valence-electron chi connectivity index (χ2n) is 6.28. The van der Waals surface area contributed by atoms with Gasteiger partial charge in [0.25, 0.3) is 0 Å². The van der Waals surface area contributed by atoms with E-state index < -0.39 is 0 Å². The maximum absolute atomic E-state index is 12.4. The Hall–Kier alpha value is -3.34. The minimum atomic E-state index is -0.183. The third-order valence-electron chi connectivity index (χ3n) is 4.33. The summed E-state index contributed by atoms with van der Waals surface area (Å²) in [5.41, 5.74) is 2.32. The van der Waals surface area contributed by atoms with Crippen molar-refractivity contribution in [2.75, 3.05) is 6.61 Å². The summed E-state index contributed by atoms with van der Waals surface area (Å²) >= 11 is 0. The lowest BCUT2D eigenvalue weighted by atomic mass is 10.1. The van der Waals surface area contributed by atoms with Crippen LogP contribution in [0.2, 0.25) is 0 Å². The summed E-state index contributed by atoms with van der Waals surface area (Å²) in [7, 11) is 2.88. The Morgan fingerprint density at radius 3 is 2.57 bits per heavy atom. The second-order valence-corrected chi connectivity index (χ2v) is 8.39. The molecule has 0 saturated heterocycles. The standard InChI is InChI=1S/C23H14N2O3S2/c24-13-15-9-11-16(12-10-15)20(27)14-28-21-8-4-2-6-18(21)23-25-22(29-30-23)17-5-1-3-7-19(17)26/h1-12H,14H2/b22-17-. The number of benzene rings is 2. The normalized spacial score (nSPS) is 17.6. The van der Waals surface area contributed by atoms with E-state index in [0.29, 0.717) is 27.5 Å². The summed E-state index contributed by atoms with van der Waals surface area (Å²) in [6, 6.07) is 15.8. The second kappa shape index (κ2) is 8.99. The molecule has 0 spiro atoms. The highest BCUT2D eigenvalue weighted by atomic mass is 33.1. The first-order valence-corrected chi connectivity index (χ1v) is 11.1. The average molecular weight is 431 g/mol. The molecule has 5 nitrogen and oxygen atoms in total. The first-order valence-electron chi connectivity index (χ1n) is 8.98. The van der Waals surface area contributed by atoms with Gasteiger partial charge in [-0.05, 0) is 70.1 Å². The van der Waals surface area contributed by atoms with Crippen LogP contribution < -0.4 is 4.74 Å². The van der Waals surface area contributed by atoms with E-state index in [0.717, 1.165) is 10.6 Å². The van der Waals surface area contributed by atoms with E-state index in [4.69, 9.17) is 10.00 Å². The lowest BCUT2D eigenvalue weighted by Gasteiger charge is -2.10. The van der Waals surface area contributed by atoms with Gasteiger partial charge in [-0.15, -0.1) is 0 Å². The van der Waals surface area contributed by atoms with Crippen LogP contribution in [0, 0.1) is 11.3 Å². The van der Waals surface area contributed by atoms with Gasteiger partial charge in [0.1, 0.15) is 15.8 Å². The van der Waals surface area contributed by atoms with Crippen molar-refractivity contribution in [1.82, 2.24) is 0 Å². The molecule has 2 aromatic rings. The number of rotatable bonds is 5. The Kier molecular flexibility index (Phi) is 5.98. The highest BCUT2D eigenvalue weighted by Gasteiger charge is 2.23. The molecule has 0 bridgehead atoms. The first-order chi connectivity index (χ1) is 14.7. The largest absolute Gasteiger partial charge is 0.485 e. The monoisotopic (exact) mass is 430 g/mol. The molecule has 7 heteroatoms. The zero-order valence-electron chi connectivity index (χ0n) is 15.6. The van der Waals surface area contributed by atoms with Gasteiger partial charge in [0.2, 0.25) is 0 Å². The number of hydrogen-bond acceptors (Lipinski definition) is 7. The Morgan fingerprint density at radius 2 is 1.80 bits per heavy atom. The average Bonchev–Trinajstić information content (AvgIpc) is 3.28. The first kappa shape index (κ1) is 20.0. The fourth-order valence-corrected chi connectivity index (χ4v) is 5.01. The number of nitriles is 1. The van der Waals surface area contributed by atoms with Crippen molar-refractivity contribution in [3.05, 3.63) is 100 Å². The van der Waals surface area contributed by atoms with E-state index in [2.05, 4.69) is 4.99 Å². The van der Waals surface area contributed by atoms with Gasteiger partial charge in [-0.3, -0.25) is 9.59 Å². The molecule has 0 amide bonds. The van der Waals surface area contributed by atoms with Crippen molar-refractivity contribution >= 4 is 38.2 Å². The van der Waals surface area contributed by atoms with Crippen LogP contribution in [-0.2, 0) is 4.79 Å². The molecule has 4 rings (SSSR count).